The molecule has 0 amide bonds. The van der Waals surface area contributed by atoms with E-state index in [4.69, 9.17) is 4.42 Å². The smallest absolute Gasteiger partial charge is 0.0952 e. The minimum absolute atomic E-state index is 0.473. The Labute approximate surface area is 129 Å². The number of benzene rings is 1. The fraction of sp³-hybridized carbons (Fsp3) is 0.375. The fourth-order valence-corrected chi connectivity index (χ4v) is 2.53. The average molecular weight is 337 g/mol. The number of anilines is 1. The van der Waals surface area contributed by atoms with Gasteiger partial charge in [0.15, 0.2) is 0 Å². The number of rotatable bonds is 6. The lowest BCUT2D eigenvalue weighted by Crippen LogP contribution is -2.24. The van der Waals surface area contributed by atoms with E-state index in [0.717, 1.165) is 17.6 Å². The molecule has 0 aliphatic carbocycles. The van der Waals surface area contributed by atoms with Crippen LogP contribution < -0.4 is 10.2 Å². The third-order valence-electron chi connectivity index (χ3n) is 3.15. The molecule has 2 rings (SSSR count). The summed E-state index contributed by atoms with van der Waals surface area (Å²) in [5.41, 5.74) is 3.71. The summed E-state index contributed by atoms with van der Waals surface area (Å²) in [6.45, 7) is 6.02. The second-order valence-electron chi connectivity index (χ2n) is 5.30. The summed E-state index contributed by atoms with van der Waals surface area (Å²) in [6.07, 6.45) is 3.51. The fourth-order valence-electron chi connectivity index (χ4n) is 2.12. The molecule has 2 aromatic rings. The van der Waals surface area contributed by atoms with Gasteiger partial charge in [0.25, 0.3) is 0 Å². The van der Waals surface area contributed by atoms with Crippen molar-refractivity contribution in [3.05, 3.63) is 52.4 Å². The Balaban J connectivity index is 2.16. The summed E-state index contributed by atoms with van der Waals surface area (Å²) in [4.78, 5) is 2.24. The van der Waals surface area contributed by atoms with E-state index in [0.29, 0.717) is 6.04 Å². The molecule has 0 saturated carbocycles. The van der Waals surface area contributed by atoms with Crippen molar-refractivity contribution in [1.29, 1.82) is 0 Å². The minimum atomic E-state index is 0.473. The highest BCUT2D eigenvalue weighted by atomic mass is 79.9. The molecule has 108 valence electrons. The number of nitrogens with one attached hydrogen (secondary N) is 1. The van der Waals surface area contributed by atoms with Gasteiger partial charge in [0.05, 0.1) is 12.5 Å². The van der Waals surface area contributed by atoms with Crippen molar-refractivity contribution in [2.75, 3.05) is 11.9 Å². The zero-order valence-corrected chi connectivity index (χ0v) is 13.8. The molecule has 0 spiro atoms. The Hall–Kier alpha value is -1.26. The highest BCUT2D eigenvalue weighted by Gasteiger charge is 2.09. The molecule has 0 bridgehead atoms. The highest BCUT2D eigenvalue weighted by molar-refractivity contribution is 9.10. The first-order valence-electron chi connectivity index (χ1n) is 6.80. The topological polar surface area (TPSA) is 28.4 Å². The molecule has 1 aromatic carbocycles. The summed E-state index contributed by atoms with van der Waals surface area (Å²) in [5.74, 6) is 0. The third kappa shape index (κ3) is 4.12. The van der Waals surface area contributed by atoms with Crippen LogP contribution in [0.1, 0.15) is 25.0 Å². The van der Waals surface area contributed by atoms with E-state index in [1.54, 1.807) is 12.5 Å². The lowest BCUT2D eigenvalue weighted by molar-refractivity contribution is 0.563. The molecule has 0 radical (unpaired) electrons. The summed E-state index contributed by atoms with van der Waals surface area (Å²) in [5, 5.41) is 3.48. The zero-order valence-electron chi connectivity index (χ0n) is 12.2. The zero-order chi connectivity index (χ0) is 14.5. The van der Waals surface area contributed by atoms with Crippen LogP contribution in [-0.4, -0.2) is 13.1 Å². The van der Waals surface area contributed by atoms with Gasteiger partial charge in [0.1, 0.15) is 0 Å². The highest BCUT2D eigenvalue weighted by Crippen LogP contribution is 2.25. The molecule has 0 aliphatic rings. The van der Waals surface area contributed by atoms with Crippen LogP contribution in [0.5, 0.6) is 0 Å². The monoisotopic (exact) mass is 336 g/mol. The second-order valence-corrected chi connectivity index (χ2v) is 6.21. The summed E-state index contributed by atoms with van der Waals surface area (Å²) in [7, 11) is 2.11. The van der Waals surface area contributed by atoms with Crippen LogP contribution >= 0.6 is 15.9 Å². The number of hydrogen-bond acceptors (Lipinski definition) is 3. The molecule has 0 aliphatic heterocycles. The lowest BCUT2D eigenvalue weighted by Gasteiger charge is -2.23. The predicted molar refractivity (Wildman–Crippen MR) is 86.9 cm³/mol. The van der Waals surface area contributed by atoms with Gasteiger partial charge < -0.3 is 14.6 Å². The maximum atomic E-state index is 5.13. The van der Waals surface area contributed by atoms with Crippen LogP contribution in [0.15, 0.2) is 45.7 Å². The van der Waals surface area contributed by atoms with E-state index < -0.39 is 0 Å². The molecular formula is C16H21BrN2O. The number of halogens is 1. The van der Waals surface area contributed by atoms with Gasteiger partial charge in [-0.3, -0.25) is 0 Å². The van der Waals surface area contributed by atoms with E-state index in [1.807, 2.05) is 6.07 Å². The Kier molecular flexibility index (Phi) is 5.26. The van der Waals surface area contributed by atoms with Crippen molar-refractivity contribution in [1.82, 2.24) is 5.32 Å². The van der Waals surface area contributed by atoms with Crippen molar-refractivity contribution < 1.29 is 4.42 Å². The molecular weight excluding hydrogens is 316 g/mol. The van der Waals surface area contributed by atoms with E-state index in [2.05, 4.69) is 65.2 Å². The number of furan rings is 1. The van der Waals surface area contributed by atoms with Crippen LogP contribution in [-0.2, 0) is 13.1 Å². The van der Waals surface area contributed by atoms with Crippen LogP contribution in [0.4, 0.5) is 5.69 Å². The molecule has 0 saturated heterocycles. The van der Waals surface area contributed by atoms with Crippen LogP contribution in [0.3, 0.4) is 0 Å². The summed E-state index contributed by atoms with van der Waals surface area (Å²) >= 11 is 3.55. The first-order valence-corrected chi connectivity index (χ1v) is 7.59. The first kappa shape index (κ1) is 15.1. The van der Waals surface area contributed by atoms with Gasteiger partial charge in [-0.05, 0) is 29.8 Å². The summed E-state index contributed by atoms with van der Waals surface area (Å²) < 4.78 is 6.24. The Morgan fingerprint density at radius 1 is 1.30 bits per heavy atom. The number of hydrogen-bond donors (Lipinski definition) is 1. The van der Waals surface area contributed by atoms with E-state index in [-0.39, 0.29) is 0 Å². The van der Waals surface area contributed by atoms with Crippen molar-refractivity contribution in [3.63, 3.8) is 0 Å². The maximum absolute atomic E-state index is 5.13. The van der Waals surface area contributed by atoms with Gasteiger partial charge >= 0.3 is 0 Å². The second kappa shape index (κ2) is 6.95. The standard InChI is InChI=1S/C16H21BrN2O/c1-12(2)18-9-14-8-15(17)4-5-16(14)19(3)10-13-6-7-20-11-13/h4-8,11-12,18H,9-10H2,1-3H3. The molecule has 20 heavy (non-hydrogen) atoms. The lowest BCUT2D eigenvalue weighted by atomic mass is 10.1. The van der Waals surface area contributed by atoms with Crippen molar-refractivity contribution >= 4 is 21.6 Å². The predicted octanol–water partition coefficient (Wildman–Crippen LogP) is 4.18. The Bertz CT molecular complexity index is 537. The molecule has 1 aromatic heterocycles. The Morgan fingerprint density at radius 2 is 2.10 bits per heavy atom. The van der Waals surface area contributed by atoms with E-state index in [1.165, 1.54) is 16.8 Å². The van der Waals surface area contributed by atoms with Crippen LogP contribution in [0, 0.1) is 0 Å². The van der Waals surface area contributed by atoms with Crippen LogP contribution in [0.25, 0.3) is 0 Å². The van der Waals surface area contributed by atoms with Gasteiger partial charge in [-0.15, -0.1) is 0 Å². The van der Waals surface area contributed by atoms with Gasteiger partial charge in [-0.1, -0.05) is 29.8 Å². The summed E-state index contributed by atoms with van der Waals surface area (Å²) in [6, 6.07) is 8.89. The van der Waals surface area contributed by atoms with Gasteiger partial charge in [0, 0.05) is 41.9 Å². The van der Waals surface area contributed by atoms with Crippen molar-refractivity contribution in [3.8, 4) is 0 Å². The number of nitrogens with zero attached hydrogens (tertiary/aromatic N) is 1. The molecule has 0 unspecified atom stereocenters. The van der Waals surface area contributed by atoms with Gasteiger partial charge in [0.2, 0.25) is 0 Å². The molecule has 3 nitrogen and oxygen atoms in total. The molecule has 1 N–H and O–H groups in total. The third-order valence-corrected chi connectivity index (χ3v) is 3.65. The molecule has 4 heteroatoms. The molecule has 0 atom stereocenters. The van der Waals surface area contributed by atoms with E-state index in [9.17, 15) is 0 Å². The minimum Gasteiger partial charge on any atom is -0.472 e. The molecule has 1 heterocycles. The van der Waals surface area contributed by atoms with Crippen LogP contribution in [0.2, 0.25) is 0 Å². The Morgan fingerprint density at radius 3 is 2.75 bits per heavy atom. The van der Waals surface area contributed by atoms with Gasteiger partial charge in [-0.25, -0.2) is 0 Å². The average Bonchev–Trinajstić information content (AvgIpc) is 2.89. The normalized spacial score (nSPS) is 11.1. The largest absolute Gasteiger partial charge is 0.472 e. The quantitative estimate of drug-likeness (QED) is 0.857. The van der Waals surface area contributed by atoms with Gasteiger partial charge in [-0.2, -0.15) is 0 Å². The van der Waals surface area contributed by atoms with Crippen molar-refractivity contribution in [2.45, 2.75) is 33.0 Å². The first-order chi connectivity index (χ1) is 9.56. The SMILES string of the molecule is CC(C)NCc1cc(Br)ccc1N(C)Cc1ccoc1. The molecule has 0 fully saturated rings. The van der Waals surface area contributed by atoms with Crippen molar-refractivity contribution in [2.24, 2.45) is 0 Å². The maximum Gasteiger partial charge on any atom is 0.0952 e. The van der Waals surface area contributed by atoms with E-state index >= 15 is 0 Å².